The highest BCUT2D eigenvalue weighted by Gasteiger charge is 2.21. The molecule has 2 aromatic rings. The zero-order valence-electron chi connectivity index (χ0n) is 16.5. The van der Waals surface area contributed by atoms with E-state index in [9.17, 15) is 4.79 Å². The van der Waals surface area contributed by atoms with Gasteiger partial charge in [-0.2, -0.15) is 0 Å². The second-order valence-corrected chi connectivity index (χ2v) is 7.28. The van der Waals surface area contributed by atoms with Gasteiger partial charge in [-0.15, -0.1) is 0 Å². The largest absolute Gasteiger partial charge is 0.481 e. The number of carbonyl (C=O) groups is 1. The number of amides is 1. The molecule has 2 unspecified atom stereocenters. The summed E-state index contributed by atoms with van der Waals surface area (Å²) in [5.74, 6) is 2.44. The second kappa shape index (κ2) is 7.91. The Labute approximate surface area is 160 Å². The van der Waals surface area contributed by atoms with Crippen molar-refractivity contribution in [3.8, 4) is 17.2 Å². The number of fused-ring (bicyclic) bond motifs is 1. The zero-order chi connectivity index (χ0) is 19.6. The van der Waals surface area contributed by atoms with Gasteiger partial charge in [0.1, 0.15) is 5.75 Å². The summed E-state index contributed by atoms with van der Waals surface area (Å²) in [6, 6.07) is 11.7. The van der Waals surface area contributed by atoms with Crippen LogP contribution in [0.5, 0.6) is 17.2 Å². The maximum atomic E-state index is 12.6. The third-order valence-corrected chi connectivity index (χ3v) is 4.81. The molecule has 1 heterocycles. The molecule has 1 N–H and O–H groups in total. The molecular formula is C22H27NO4. The first-order chi connectivity index (χ1) is 12.8. The van der Waals surface area contributed by atoms with E-state index in [1.807, 2.05) is 44.2 Å². The Morgan fingerprint density at radius 2 is 1.70 bits per heavy atom. The number of aryl methyl sites for hydroxylation is 1. The van der Waals surface area contributed by atoms with Gasteiger partial charge in [-0.1, -0.05) is 32.0 Å². The van der Waals surface area contributed by atoms with Crippen molar-refractivity contribution in [2.45, 2.75) is 52.7 Å². The Balaban J connectivity index is 1.64. The minimum atomic E-state index is -0.595. The Hall–Kier alpha value is -2.69. The van der Waals surface area contributed by atoms with Crippen LogP contribution in [0.2, 0.25) is 0 Å². The number of rotatable bonds is 6. The number of hydrogen-bond donors (Lipinski definition) is 1. The summed E-state index contributed by atoms with van der Waals surface area (Å²) in [5, 5.41) is 3.00. The lowest BCUT2D eigenvalue weighted by atomic mass is 10.0. The average molecular weight is 369 g/mol. The van der Waals surface area contributed by atoms with Crippen LogP contribution in [0.4, 0.5) is 0 Å². The van der Waals surface area contributed by atoms with Crippen molar-refractivity contribution in [3.05, 3.63) is 53.1 Å². The van der Waals surface area contributed by atoms with Gasteiger partial charge < -0.3 is 19.5 Å². The molecule has 27 heavy (non-hydrogen) atoms. The van der Waals surface area contributed by atoms with Crippen LogP contribution in [-0.2, 0) is 4.79 Å². The van der Waals surface area contributed by atoms with Gasteiger partial charge in [0.2, 0.25) is 6.79 Å². The lowest BCUT2D eigenvalue weighted by Gasteiger charge is -2.20. The van der Waals surface area contributed by atoms with E-state index >= 15 is 0 Å². The van der Waals surface area contributed by atoms with Crippen LogP contribution in [0.3, 0.4) is 0 Å². The van der Waals surface area contributed by atoms with Gasteiger partial charge in [0, 0.05) is 0 Å². The molecule has 0 fully saturated rings. The molecule has 0 bridgehead atoms. The predicted molar refractivity (Wildman–Crippen MR) is 104 cm³/mol. The van der Waals surface area contributed by atoms with E-state index in [2.05, 4.69) is 25.2 Å². The van der Waals surface area contributed by atoms with Crippen LogP contribution in [-0.4, -0.2) is 18.8 Å². The van der Waals surface area contributed by atoms with Crippen LogP contribution >= 0.6 is 0 Å². The lowest BCUT2D eigenvalue weighted by molar-refractivity contribution is -0.127. The highest BCUT2D eigenvalue weighted by Crippen LogP contribution is 2.34. The fraction of sp³-hybridized carbons (Fsp3) is 0.409. The highest BCUT2D eigenvalue weighted by atomic mass is 16.7. The molecular weight excluding hydrogens is 342 g/mol. The Morgan fingerprint density at radius 1 is 1.00 bits per heavy atom. The standard InChI is InChI=1S/C22H27NO4/c1-13(2)17-7-6-14(3)20(10-17)27-16(5)22(24)23-15(4)18-8-9-19-21(11-18)26-12-25-19/h6-11,13,15-16H,12H2,1-5H3,(H,23,24). The van der Waals surface area contributed by atoms with Gasteiger partial charge in [-0.05, 0) is 61.6 Å². The number of nitrogens with one attached hydrogen (secondary N) is 1. The molecule has 1 aliphatic rings. The van der Waals surface area contributed by atoms with Crippen LogP contribution in [0.1, 0.15) is 56.3 Å². The lowest BCUT2D eigenvalue weighted by Crippen LogP contribution is -2.37. The zero-order valence-corrected chi connectivity index (χ0v) is 16.5. The molecule has 2 aromatic carbocycles. The maximum absolute atomic E-state index is 12.6. The van der Waals surface area contributed by atoms with Gasteiger partial charge in [0.25, 0.3) is 5.91 Å². The Kier molecular flexibility index (Phi) is 5.59. The van der Waals surface area contributed by atoms with Crippen molar-refractivity contribution >= 4 is 5.91 Å². The van der Waals surface area contributed by atoms with Crippen molar-refractivity contribution in [1.82, 2.24) is 5.32 Å². The summed E-state index contributed by atoms with van der Waals surface area (Å²) < 4.78 is 16.7. The Morgan fingerprint density at radius 3 is 2.44 bits per heavy atom. The van der Waals surface area contributed by atoms with E-state index < -0.39 is 6.10 Å². The molecule has 5 heteroatoms. The SMILES string of the molecule is Cc1ccc(C(C)C)cc1OC(C)C(=O)NC(C)c1ccc2c(c1)OCO2. The molecule has 2 atom stereocenters. The summed E-state index contributed by atoms with van der Waals surface area (Å²) in [4.78, 5) is 12.6. The maximum Gasteiger partial charge on any atom is 0.261 e. The van der Waals surface area contributed by atoms with E-state index in [-0.39, 0.29) is 18.7 Å². The van der Waals surface area contributed by atoms with Crippen LogP contribution in [0.25, 0.3) is 0 Å². The number of carbonyl (C=O) groups excluding carboxylic acids is 1. The van der Waals surface area contributed by atoms with Gasteiger partial charge in [0.15, 0.2) is 17.6 Å². The number of ether oxygens (including phenoxy) is 3. The number of benzene rings is 2. The quantitative estimate of drug-likeness (QED) is 0.815. The fourth-order valence-corrected chi connectivity index (χ4v) is 2.94. The summed E-state index contributed by atoms with van der Waals surface area (Å²) in [7, 11) is 0. The summed E-state index contributed by atoms with van der Waals surface area (Å²) >= 11 is 0. The van der Waals surface area contributed by atoms with Crippen LogP contribution in [0.15, 0.2) is 36.4 Å². The van der Waals surface area contributed by atoms with E-state index in [4.69, 9.17) is 14.2 Å². The van der Waals surface area contributed by atoms with E-state index in [0.29, 0.717) is 11.7 Å². The molecule has 0 saturated carbocycles. The Bertz CT molecular complexity index is 831. The molecule has 0 radical (unpaired) electrons. The predicted octanol–water partition coefficient (Wildman–Crippen LogP) is 4.49. The van der Waals surface area contributed by atoms with Crippen molar-refractivity contribution in [3.63, 3.8) is 0 Å². The third-order valence-electron chi connectivity index (χ3n) is 4.81. The first-order valence-corrected chi connectivity index (χ1v) is 9.32. The molecule has 0 saturated heterocycles. The smallest absolute Gasteiger partial charge is 0.261 e. The average Bonchev–Trinajstić information content (AvgIpc) is 3.10. The molecule has 1 amide bonds. The highest BCUT2D eigenvalue weighted by molar-refractivity contribution is 5.81. The minimum absolute atomic E-state index is 0.158. The van der Waals surface area contributed by atoms with Gasteiger partial charge in [-0.3, -0.25) is 4.79 Å². The first-order valence-electron chi connectivity index (χ1n) is 9.32. The fourth-order valence-electron chi connectivity index (χ4n) is 2.94. The summed E-state index contributed by atoms with van der Waals surface area (Å²) in [6.07, 6.45) is -0.595. The van der Waals surface area contributed by atoms with E-state index in [1.165, 1.54) is 5.56 Å². The summed E-state index contributed by atoms with van der Waals surface area (Å²) in [5.41, 5.74) is 3.16. The van der Waals surface area contributed by atoms with Crippen molar-refractivity contribution in [1.29, 1.82) is 0 Å². The van der Waals surface area contributed by atoms with Gasteiger partial charge >= 0.3 is 0 Å². The molecule has 1 aliphatic heterocycles. The van der Waals surface area contributed by atoms with Crippen molar-refractivity contribution < 1.29 is 19.0 Å². The minimum Gasteiger partial charge on any atom is -0.481 e. The molecule has 3 rings (SSSR count). The monoisotopic (exact) mass is 369 g/mol. The summed E-state index contributed by atoms with van der Waals surface area (Å²) in [6.45, 7) is 10.2. The number of hydrogen-bond acceptors (Lipinski definition) is 4. The van der Waals surface area contributed by atoms with Crippen LogP contribution < -0.4 is 19.5 Å². The van der Waals surface area contributed by atoms with E-state index in [1.54, 1.807) is 6.92 Å². The molecule has 0 aliphatic carbocycles. The van der Waals surface area contributed by atoms with E-state index in [0.717, 1.165) is 22.6 Å². The molecule has 5 nitrogen and oxygen atoms in total. The second-order valence-electron chi connectivity index (χ2n) is 7.28. The van der Waals surface area contributed by atoms with Crippen LogP contribution in [0, 0.1) is 6.92 Å². The van der Waals surface area contributed by atoms with Crippen molar-refractivity contribution in [2.75, 3.05) is 6.79 Å². The topological polar surface area (TPSA) is 56.8 Å². The molecule has 0 spiro atoms. The normalized spacial score (nSPS) is 14.7. The molecule has 0 aromatic heterocycles. The third kappa shape index (κ3) is 4.35. The van der Waals surface area contributed by atoms with Gasteiger partial charge in [0.05, 0.1) is 6.04 Å². The van der Waals surface area contributed by atoms with Crippen molar-refractivity contribution in [2.24, 2.45) is 0 Å². The molecule has 144 valence electrons. The van der Waals surface area contributed by atoms with Gasteiger partial charge in [-0.25, -0.2) is 0 Å². The first kappa shape index (κ1) is 19.1.